The number of hydrogen-bond acceptors (Lipinski definition) is 3. The Morgan fingerprint density at radius 2 is 1.96 bits per heavy atom. The third-order valence-electron chi connectivity index (χ3n) is 4.03. The molecule has 1 aromatic carbocycles. The number of hydrogen-bond donors (Lipinski definition) is 1. The van der Waals surface area contributed by atoms with Crippen molar-refractivity contribution in [2.45, 2.75) is 31.7 Å². The summed E-state index contributed by atoms with van der Waals surface area (Å²) in [5, 5.41) is 3.14. The average molecular weight is 519 g/mol. The summed E-state index contributed by atoms with van der Waals surface area (Å²) >= 11 is 0. The Bertz CT molecular complexity index is 614. The van der Waals surface area contributed by atoms with E-state index in [0.717, 1.165) is 5.56 Å². The summed E-state index contributed by atoms with van der Waals surface area (Å²) < 4.78 is 59.8. The number of guanidine groups is 1. The predicted molar refractivity (Wildman–Crippen MR) is 110 cm³/mol. The van der Waals surface area contributed by atoms with Crippen molar-refractivity contribution >= 4 is 29.9 Å². The van der Waals surface area contributed by atoms with E-state index in [9.17, 15) is 17.6 Å². The van der Waals surface area contributed by atoms with E-state index < -0.39 is 12.8 Å². The minimum absolute atomic E-state index is 0. The van der Waals surface area contributed by atoms with Crippen LogP contribution in [0.5, 0.6) is 0 Å². The molecule has 1 aliphatic heterocycles. The lowest BCUT2D eigenvalue weighted by molar-refractivity contribution is -0.173. The van der Waals surface area contributed by atoms with Crippen molar-refractivity contribution in [2.75, 3.05) is 39.9 Å². The molecule has 1 aromatic rings. The average Bonchev–Trinajstić information content (AvgIpc) is 2.60. The van der Waals surface area contributed by atoms with Gasteiger partial charge in [0.15, 0.2) is 5.96 Å². The van der Waals surface area contributed by atoms with Crippen LogP contribution < -0.4 is 5.32 Å². The first-order valence-corrected chi connectivity index (χ1v) is 8.79. The molecular formula is C18H26F4IN3O2. The van der Waals surface area contributed by atoms with E-state index in [1.807, 2.05) is 11.8 Å². The molecule has 0 amide bonds. The molecule has 0 bridgehead atoms. The van der Waals surface area contributed by atoms with Gasteiger partial charge in [0, 0.05) is 26.7 Å². The van der Waals surface area contributed by atoms with Crippen molar-refractivity contribution < 1.29 is 27.0 Å². The van der Waals surface area contributed by atoms with Crippen LogP contribution in [0.4, 0.5) is 17.6 Å². The normalized spacial score (nSPS) is 20.6. The van der Waals surface area contributed by atoms with E-state index in [0.29, 0.717) is 32.0 Å². The molecule has 2 unspecified atom stereocenters. The van der Waals surface area contributed by atoms with E-state index in [1.165, 1.54) is 12.1 Å². The summed E-state index contributed by atoms with van der Waals surface area (Å²) in [5.41, 5.74) is 0.879. The van der Waals surface area contributed by atoms with Gasteiger partial charge in [-0.3, -0.25) is 4.99 Å². The fraction of sp³-hybridized carbons (Fsp3) is 0.611. The van der Waals surface area contributed by atoms with Gasteiger partial charge in [0.25, 0.3) is 0 Å². The van der Waals surface area contributed by atoms with Gasteiger partial charge in [-0.05, 0) is 31.0 Å². The van der Waals surface area contributed by atoms with Gasteiger partial charge in [0.05, 0.1) is 12.6 Å². The number of benzene rings is 1. The SMILES string of the molecule is CN=C(NCCCOCC(F)(F)F)N1CC(C)OC(c2ccc(F)cc2)C1.I. The van der Waals surface area contributed by atoms with Gasteiger partial charge >= 0.3 is 6.18 Å². The topological polar surface area (TPSA) is 46.1 Å². The van der Waals surface area contributed by atoms with Crippen LogP contribution in [0.15, 0.2) is 29.3 Å². The van der Waals surface area contributed by atoms with Crippen molar-refractivity contribution in [1.82, 2.24) is 10.2 Å². The lowest BCUT2D eigenvalue weighted by atomic mass is 10.1. The molecule has 28 heavy (non-hydrogen) atoms. The summed E-state index contributed by atoms with van der Waals surface area (Å²) in [6.45, 7) is 2.34. The maximum absolute atomic E-state index is 13.1. The molecular weight excluding hydrogens is 493 g/mol. The molecule has 2 atom stereocenters. The highest BCUT2D eigenvalue weighted by Crippen LogP contribution is 2.25. The van der Waals surface area contributed by atoms with Crippen LogP contribution in [0.25, 0.3) is 0 Å². The Hall–Kier alpha value is -1.14. The molecule has 160 valence electrons. The Morgan fingerprint density at radius 3 is 2.57 bits per heavy atom. The number of nitrogens with one attached hydrogen (secondary N) is 1. The van der Waals surface area contributed by atoms with E-state index >= 15 is 0 Å². The standard InChI is InChI=1S/C18H25F4N3O2.HI/c1-13-10-25(11-16(27-13)14-4-6-15(19)7-5-14)17(23-2)24-8-3-9-26-12-18(20,21)22;/h4-7,13,16H,3,8-12H2,1-2H3,(H,23,24);1H. The van der Waals surface area contributed by atoms with E-state index in [2.05, 4.69) is 15.0 Å². The number of morpholine rings is 1. The van der Waals surface area contributed by atoms with Gasteiger partial charge in [-0.15, -0.1) is 24.0 Å². The third kappa shape index (κ3) is 8.48. The zero-order chi connectivity index (χ0) is 19.9. The molecule has 2 rings (SSSR count). The van der Waals surface area contributed by atoms with E-state index in [1.54, 1.807) is 19.2 Å². The zero-order valence-corrected chi connectivity index (χ0v) is 18.2. The molecule has 0 aliphatic carbocycles. The van der Waals surface area contributed by atoms with Crippen LogP contribution in [-0.2, 0) is 9.47 Å². The first-order chi connectivity index (χ1) is 12.8. The summed E-state index contributed by atoms with van der Waals surface area (Å²) in [7, 11) is 1.65. The van der Waals surface area contributed by atoms with Crippen LogP contribution in [0.2, 0.25) is 0 Å². The van der Waals surface area contributed by atoms with Gasteiger partial charge in [0.2, 0.25) is 0 Å². The Morgan fingerprint density at radius 1 is 1.29 bits per heavy atom. The highest BCUT2D eigenvalue weighted by molar-refractivity contribution is 14.0. The van der Waals surface area contributed by atoms with Crippen molar-refractivity contribution in [2.24, 2.45) is 4.99 Å². The van der Waals surface area contributed by atoms with Crippen LogP contribution in [0.1, 0.15) is 25.0 Å². The smallest absolute Gasteiger partial charge is 0.372 e. The first-order valence-electron chi connectivity index (χ1n) is 8.79. The summed E-state index contributed by atoms with van der Waals surface area (Å²) in [5.74, 6) is 0.345. The Labute approximate surface area is 179 Å². The quantitative estimate of drug-likeness (QED) is 0.205. The van der Waals surface area contributed by atoms with Crippen molar-refractivity contribution in [3.63, 3.8) is 0 Å². The molecule has 0 radical (unpaired) electrons. The fourth-order valence-corrected chi connectivity index (χ4v) is 2.88. The van der Waals surface area contributed by atoms with Crippen LogP contribution in [0, 0.1) is 5.82 Å². The second kappa shape index (κ2) is 11.8. The summed E-state index contributed by atoms with van der Waals surface area (Å²) in [4.78, 5) is 6.27. The van der Waals surface area contributed by atoms with E-state index in [-0.39, 0.29) is 48.6 Å². The first kappa shape index (κ1) is 24.9. The molecule has 1 aliphatic rings. The molecule has 1 saturated heterocycles. The van der Waals surface area contributed by atoms with Gasteiger partial charge in [-0.1, -0.05) is 12.1 Å². The molecule has 10 heteroatoms. The van der Waals surface area contributed by atoms with Crippen LogP contribution >= 0.6 is 24.0 Å². The van der Waals surface area contributed by atoms with Gasteiger partial charge in [-0.25, -0.2) is 4.39 Å². The molecule has 5 nitrogen and oxygen atoms in total. The number of nitrogens with zero attached hydrogens (tertiary/aromatic N) is 2. The molecule has 0 aromatic heterocycles. The second-order valence-electron chi connectivity index (χ2n) is 6.39. The number of rotatable bonds is 6. The lowest BCUT2D eigenvalue weighted by Crippen LogP contribution is -2.50. The maximum atomic E-state index is 13.1. The minimum Gasteiger partial charge on any atom is -0.372 e. The summed E-state index contributed by atoms with van der Waals surface area (Å²) in [6.07, 6.45) is -4.15. The van der Waals surface area contributed by atoms with Gasteiger partial charge in [-0.2, -0.15) is 13.2 Å². The Kier molecular flexibility index (Phi) is 10.5. The number of halogens is 5. The molecule has 1 N–H and O–H groups in total. The highest BCUT2D eigenvalue weighted by atomic mass is 127. The van der Waals surface area contributed by atoms with Crippen LogP contribution in [0.3, 0.4) is 0 Å². The molecule has 0 spiro atoms. The lowest BCUT2D eigenvalue weighted by Gasteiger charge is -2.38. The van der Waals surface area contributed by atoms with Crippen molar-refractivity contribution in [1.29, 1.82) is 0 Å². The monoisotopic (exact) mass is 519 g/mol. The fourth-order valence-electron chi connectivity index (χ4n) is 2.88. The minimum atomic E-state index is -4.30. The number of ether oxygens (including phenoxy) is 2. The molecule has 1 fully saturated rings. The molecule has 1 heterocycles. The number of aliphatic imine (C=N–C) groups is 1. The van der Waals surface area contributed by atoms with E-state index in [4.69, 9.17) is 4.74 Å². The van der Waals surface area contributed by atoms with Crippen molar-refractivity contribution in [3.8, 4) is 0 Å². The van der Waals surface area contributed by atoms with Crippen LogP contribution in [-0.4, -0.2) is 63.0 Å². The van der Waals surface area contributed by atoms with Gasteiger partial charge < -0.3 is 19.7 Å². The molecule has 0 saturated carbocycles. The Balaban J connectivity index is 0.00000392. The largest absolute Gasteiger partial charge is 0.411 e. The maximum Gasteiger partial charge on any atom is 0.411 e. The van der Waals surface area contributed by atoms with Gasteiger partial charge in [0.1, 0.15) is 18.5 Å². The predicted octanol–water partition coefficient (Wildman–Crippen LogP) is 3.75. The number of alkyl halides is 3. The summed E-state index contributed by atoms with van der Waals surface area (Å²) in [6, 6.07) is 6.20. The zero-order valence-electron chi connectivity index (χ0n) is 15.8. The second-order valence-corrected chi connectivity index (χ2v) is 6.39. The third-order valence-corrected chi connectivity index (χ3v) is 4.03. The highest BCUT2D eigenvalue weighted by Gasteiger charge is 2.29. The van der Waals surface area contributed by atoms with Crippen molar-refractivity contribution in [3.05, 3.63) is 35.6 Å².